The van der Waals surface area contributed by atoms with E-state index >= 15 is 0 Å². The van der Waals surface area contributed by atoms with E-state index in [1.54, 1.807) is 0 Å². The summed E-state index contributed by atoms with van der Waals surface area (Å²) in [5.41, 5.74) is -0.675. The highest BCUT2D eigenvalue weighted by molar-refractivity contribution is 5.95. The summed E-state index contributed by atoms with van der Waals surface area (Å²) in [5, 5.41) is 40.2. The average molecular weight is 631 g/mol. The first-order chi connectivity index (χ1) is 20.7. The number of carbonyl (C=O) groups excluding carboxylic acids is 1. The third-order valence-corrected chi connectivity index (χ3v) is 15.0. The number of hydrogen-bond donors (Lipinski definition) is 4. The number of carboxylic acids is 2. The minimum absolute atomic E-state index is 0.00668. The molecule has 5 aliphatic carbocycles. The zero-order valence-electron chi connectivity index (χ0n) is 28.1. The van der Waals surface area contributed by atoms with Gasteiger partial charge in [-0.25, -0.2) is 4.79 Å². The first kappa shape index (κ1) is 33.1. The van der Waals surface area contributed by atoms with E-state index in [0.29, 0.717) is 19.3 Å². The lowest BCUT2D eigenvalue weighted by Crippen LogP contribution is -2.67. The zero-order chi connectivity index (χ0) is 33.1. The molecule has 0 aromatic heterocycles. The lowest BCUT2D eigenvalue weighted by atomic mass is 9.33. The van der Waals surface area contributed by atoms with Gasteiger partial charge in [0.2, 0.25) is 0 Å². The zero-order valence-corrected chi connectivity index (χ0v) is 28.1. The topological polar surface area (TPSA) is 151 Å². The lowest BCUT2D eigenvalue weighted by Gasteiger charge is -2.70. The number of allylic oxidation sites excluding steroid dienone is 2. The maximum atomic E-state index is 14.6. The van der Waals surface area contributed by atoms with Gasteiger partial charge in [0, 0.05) is 12.3 Å². The number of aliphatic hydroxyl groups excluding tert-OH is 2. The van der Waals surface area contributed by atoms with E-state index < -0.39 is 42.0 Å². The Balaban J connectivity index is 1.30. The van der Waals surface area contributed by atoms with E-state index in [1.807, 2.05) is 13.0 Å². The fraction of sp³-hybridized carbons (Fsp3) is 0.861. The Bertz CT molecular complexity index is 1310. The fourth-order valence-electron chi connectivity index (χ4n) is 11.9. The third-order valence-electron chi connectivity index (χ3n) is 15.0. The van der Waals surface area contributed by atoms with Crippen LogP contribution in [-0.4, -0.2) is 68.9 Å². The molecule has 4 saturated carbocycles. The highest BCUT2D eigenvalue weighted by Crippen LogP contribution is 2.75. The van der Waals surface area contributed by atoms with Crippen LogP contribution in [0.5, 0.6) is 0 Å². The van der Waals surface area contributed by atoms with Crippen molar-refractivity contribution < 1.29 is 44.3 Å². The van der Waals surface area contributed by atoms with Crippen molar-refractivity contribution >= 4 is 17.7 Å². The van der Waals surface area contributed by atoms with E-state index in [0.717, 1.165) is 38.5 Å². The summed E-state index contributed by atoms with van der Waals surface area (Å²) in [7, 11) is 0. The maximum absolute atomic E-state index is 14.6. The normalized spacial score (nSPS) is 52.4. The van der Waals surface area contributed by atoms with E-state index in [9.17, 15) is 34.8 Å². The molecular weight excluding hydrogens is 576 g/mol. The minimum atomic E-state index is -1.55. The molecular formula is C36H54O9. The molecule has 5 fully saturated rings. The van der Waals surface area contributed by atoms with Crippen LogP contribution in [-0.2, 0) is 23.9 Å². The Morgan fingerprint density at radius 3 is 2.22 bits per heavy atom. The van der Waals surface area contributed by atoms with Crippen molar-refractivity contribution in [2.75, 3.05) is 0 Å². The first-order valence-electron chi connectivity index (χ1n) is 17.1. The van der Waals surface area contributed by atoms with Gasteiger partial charge in [0.25, 0.3) is 0 Å². The van der Waals surface area contributed by atoms with Crippen molar-refractivity contribution in [3.05, 3.63) is 11.6 Å². The van der Waals surface area contributed by atoms with Crippen LogP contribution in [0.3, 0.4) is 0 Å². The van der Waals surface area contributed by atoms with Crippen LogP contribution in [0.2, 0.25) is 0 Å². The van der Waals surface area contributed by atoms with Gasteiger partial charge in [-0.2, -0.15) is 0 Å². The third kappa shape index (κ3) is 4.56. The number of ether oxygens (including phenoxy) is 2. The highest BCUT2D eigenvalue weighted by atomic mass is 16.7. The van der Waals surface area contributed by atoms with Crippen molar-refractivity contribution in [1.29, 1.82) is 0 Å². The van der Waals surface area contributed by atoms with Gasteiger partial charge in [0.1, 0.15) is 6.10 Å². The van der Waals surface area contributed by atoms with Gasteiger partial charge in [0.05, 0.1) is 17.6 Å². The molecule has 0 aromatic rings. The molecule has 0 aromatic carbocycles. The van der Waals surface area contributed by atoms with Gasteiger partial charge < -0.3 is 29.9 Å². The molecule has 0 spiro atoms. The largest absolute Gasteiger partial charge is 0.481 e. The first-order valence-corrected chi connectivity index (χ1v) is 17.1. The minimum Gasteiger partial charge on any atom is -0.481 e. The Kier molecular flexibility index (Phi) is 7.61. The van der Waals surface area contributed by atoms with Crippen LogP contribution in [0.1, 0.15) is 113 Å². The number of carboxylic acid groups (broad SMARTS) is 2. The lowest BCUT2D eigenvalue weighted by molar-refractivity contribution is -0.290. The summed E-state index contributed by atoms with van der Waals surface area (Å²) in [6.45, 7) is 15.6. The quantitative estimate of drug-likeness (QED) is 0.301. The summed E-state index contributed by atoms with van der Waals surface area (Å²) >= 11 is 0. The summed E-state index contributed by atoms with van der Waals surface area (Å²) in [6.07, 6.45) is 3.84. The second-order valence-corrected chi connectivity index (χ2v) is 17.7. The van der Waals surface area contributed by atoms with Crippen LogP contribution in [0.25, 0.3) is 0 Å². The molecule has 45 heavy (non-hydrogen) atoms. The molecule has 0 bridgehead atoms. The number of aliphatic hydroxyl groups is 2. The molecule has 9 heteroatoms. The standard InChI is InChI=1S/C36H54O9/c1-31(2)23-8-11-36(7)28(34(23,5)10-9-24(31)44-25-17-21(37)26(39)27(45-25)29(40)41)22(38)16-19-20-18-33(4,30(42)43)13-12-32(20,3)14-15-35(19,36)6/h16,20-21,23-28,37,39H,8-15,17-18H2,1-7H3,(H,40,41)(H,42,43)/t20-,21-,23-,24+,25-,26-,27+,28+,32-,33+,34+,35-,36-/m1/s1. The number of carbonyl (C=O) groups is 3. The van der Waals surface area contributed by atoms with Crippen LogP contribution < -0.4 is 0 Å². The summed E-state index contributed by atoms with van der Waals surface area (Å²) < 4.78 is 12.1. The predicted molar refractivity (Wildman–Crippen MR) is 165 cm³/mol. The molecule has 252 valence electrons. The second kappa shape index (κ2) is 10.3. The molecule has 1 heterocycles. The van der Waals surface area contributed by atoms with Gasteiger partial charge >= 0.3 is 11.9 Å². The van der Waals surface area contributed by atoms with Crippen LogP contribution >= 0.6 is 0 Å². The van der Waals surface area contributed by atoms with E-state index in [2.05, 4.69) is 41.5 Å². The second-order valence-electron chi connectivity index (χ2n) is 17.7. The van der Waals surface area contributed by atoms with E-state index in [-0.39, 0.29) is 63.1 Å². The van der Waals surface area contributed by atoms with Crippen molar-refractivity contribution in [2.24, 2.45) is 50.2 Å². The summed E-state index contributed by atoms with van der Waals surface area (Å²) in [6, 6.07) is 0. The van der Waals surface area contributed by atoms with E-state index in [4.69, 9.17) is 9.47 Å². The van der Waals surface area contributed by atoms with Crippen molar-refractivity contribution in [1.82, 2.24) is 0 Å². The Morgan fingerprint density at radius 2 is 1.58 bits per heavy atom. The van der Waals surface area contributed by atoms with Gasteiger partial charge in [-0.15, -0.1) is 0 Å². The van der Waals surface area contributed by atoms with Crippen LogP contribution in [0.15, 0.2) is 11.6 Å². The monoisotopic (exact) mass is 630 g/mol. The summed E-state index contributed by atoms with van der Waals surface area (Å²) in [5.74, 6) is -1.80. The van der Waals surface area contributed by atoms with Gasteiger partial charge in [0.15, 0.2) is 18.2 Å². The number of ketones is 1. The van der Waals surface area contributed by atoms with Crippen molar-refractivity contribution in [3.8, 4) is 0 Å². The van der Waals surface area contributed by atoms with Crippen LogP contribution in [0, 0.1) is 50.2 Å². The highest BCUT2D eigenvalue weighted by Gasteiger charge is 2.70. The maximum Gasteiger partial charge on any atom is 0.335 e. The summed E-state index contributed by atoms with van der Waals surface area (Å²) in [4.78, 5) is 38.6. The number of hydrogen-bond acceptors (Lipinski definition) is 7. The van der Waals surface area contributed by atoms with Gasteiger partial charge in [-0.05, 0) is 110 Å². The molecule has 1 aliphatic heterocycles. The molecule has 0 amide bonds. The molecule has 6 aliphatic rings. The predicted octanol–water partition coefficient (Wildman–Crippen LogP) is 5.36. The molecule has 0 unspecified atom stereocenters. The van der Waals surface area contributed by atoms with Crippen LogP contribution in [0.4, 0.5) is 0 Å². The smallest absolute Gasteiger partial charge is 0.335 e. The van der Waals surface area contributed by atoms with Crippen molar-refractivity contribution in [2.45, 2.75) is 143 Å². The number of rotatable bonds is 4. The Hall–Kier alpha value is -1.81. The SMILES string of the molecule is CC1(C)[C@@H](O[C@H]2C[C@@H](O)[C@@H](O)[C@@H](C(=O)O)O2)CC[C@@]2(C)[C@@H]1CC[C@]1(C)[C@H]2C(=O)C=C2[C@H]3C[C@@](C)(C(=O)O)CC[C@]3(C)CC[C@]21C. The average Bonchev–Trinajstić information content (AvgIpc) is 2.94. The van der Waals surface area contributed by atoms with Gasteiger partial charge in [-0.3, -0.25) is 9.59 Å². The Morgan fingerprint density at radius 1 is 0.911 bits per heavy atom. The fourth-order valence-corrected chi connectivity index (χ4v) is 11.9. The van der Waals surface area contributed by atoms with E-state index in [1.165, 1.54) is 5.57 Å². The molecule has 13 atom stereocenters. The molecule has 0 radical (unpaired) electrons. The number of aliphatic carboxylic acids is 2. The number of fused-ring (bicyclic) bond motifs is 7. The molecule has 6 rings (SSSR count). The molecule has 9 nitrogen and oxygen atoms in total. The van der Waals surface area contributed by atoms with Crippen molar-refractivity contribution in [3.63, 3.8) is 0 Å². The Labute approximate surface area is 267 Å². The molecule has 4 N–H and O–H groups in total. The van der Waals surface area contributed by atoms with Gasteiger partial charge in [-0.1, -0.05) is 47.1 Å². The molecule has 1 saturated heterocycles.